The molecule has 3 aromatic carbocycles. The number of benzene rings is 3. The predicted molar refractivity (Wildman–Crippen MR) is 133 cm³/mol. The zero-order valence-electron chi connectivity index (χ0n) is 18.7. The van der Waals surface area contributed by atoms with Gasteiger partial charge in [-0.2, -0.15) is 0 Å². The van der Waals surface area contributed by atoms with Gasteiger partial charge < -0.3 is 14.6 Å². The first-order valence-corrected chi connectivity index (χ1v) is 11.5. The molecule has 0 radical (unpaired) electrons. The van der Waals surface area contributed by atoms with Gasteiger partial charge in [0.1, 0.15) is 12.2 Å². The molecule has 1 fully saturated rings. The Kier molecular flexibility index (Phi) is 7.17. The lowest BCUT2D eigenvalue weighted by atomic mass is 10.1. The van der Waals surface area contributed by atoms with Crippen LogP contribution in [-0.2, 0) is 16.2 Å². The first kappa shape index (κ1) is 24.0. The van der Waals surface area contributed by atoms with E-state index < -0.39 is 17.8 Å². The molecule has 8 nitrogen and oxygen atoms in total. The van der Waals surface area contributed by atoms with E-state index in [1.807, 2.05) is 13.0 Å². The summed E-state index contributed by atoms with van der Waals surface area (Å²) in [7, 11) is 0. The van der Waals surface area contributed by atoms with E-state index in [-0.39, 0.29) is 17.7 Å². The van der Waals surface area contributed by atoms with Gasteiger partial charge in [0.2, 0.25) is 0 Å². The third-order valence-electron chi connectivity index (χ3n) is 5.11. The summed E-state index contributed by atoms with van der Waals surface area (Å²) in [6, 6.07) is 18.7. The number of rotatable bonds is 8. The van der Waals surface area contributed by atoms with Crippen molar-refractivity contribution < 1.29 is 29.0 Å². The van der Waals surface area contributed by atoms with Crippen LogP contribution in [0.25, 0.3) is 6.08 Å². The predicted octanol–water partition coefficient (Wildman–Crippen LogP) is 4.59. The van der Waals surface area contributed by atoms with Crippen LogP contribution in [-0.4, -0.2) is 29.5 Å². The summed E-state index contributed by atoms with van der Waals surface area (Å²) in [5.41, 5.74) is 4.53. The molecule has 9 heteroatoms. The average Bonchev–Trinajstić information content (AvgIpc) is 3.13. The van der Waals surface area contributed by atoms with E-state index in [0.717, 1.165) is 0 Å². The van der Waals surface area contributed by atoms with Crippen LogP contribution in [0, 0.1) is 0 Å². The van der Waals surface area contributed by atoms with Crippen molar-refractivity contribution >= 4 is 45.5 Å². The van der Waals surface area contributed by atoms with Gasteiger partial charge in [-0.05, 0) is 76.5 Å². The highest BCUT2D eigenvalue weighted by molar-refractivity contribution is 9.10. The van der Waals surface area contributed by atoms with Crippen LogP contribution in [0.1, 0.15) is 28.4 Å². The summed E-state index contributed by atoms with van der Waals surface area (Å²) in [4.78, 5) is 36.6. The summed E-state index contributed by atoms with van der Waals surface area (Å²) in [5, 5.41) is 10.4. The Bertz CT molecular complexity index is 1320. The lowest BCUT2D eigenvalue weighted by molar-refractivity contribution is -0.117. The van der Waals surface area contributed by atoms with Gasteiger partial charge in [0.25, 0.3) is 11.8 Å². The van der Waals surface area contributed by atoms with Crippen LogP contribution in [0.4, 0.5) is 5.69 Å². The van der Waals surface area contributed by atoms with Crippen LogP contribution in [0.2, 0.25) is 0 Å². The van der Waals surface area contributed by atoms with Crippen molar-refractivity contribution in [1.82, 2.24) is 5.43 Å². The van der Waals surface area contributed by atoms with Gasteiger partial charge in [0.15, 0.2) is 11.5 Å². The smallest absolute Gasteiger partial charge is 0.335 e. The Hall–Kier alpha value is -4.11. The largest absolute Gasteiger partial charge is 0.490 e. The van der Waals surface area contributed by atoms with Crippen LogP contribution in [0.15, 0.2) is 76.8 Å². The number of hydrogen-bond acceptors (Lipinski definition) is 5. The molecule has 1 aliphatic rings. The summed E-state index contributed by atoms with van der Waals surface area (Å²) < 4.78 is 12.2. The minimum absolute atomic E-state index is 0.0117. The minimum Gasteiger partial charge on any atom is -0.490 e. The van der Waals surface area contributed by atoms with Gasteiger partial charge in [0, 0.05) is 0 Å². The second kappa shape index (κ2) is 10.4. The van der Waals surface area contributed by atoms with E-state index in [0.29, 0.717) is 39.4 Å². The monoisotopic (exact) mass is 536 g/mol. The highest BCUT2D eigenvalue weighted by Gasteiger charge is 2.34. The Morgan fingerprint density at radius 1 is 1.06 bits per heavy atom. The molecule has 0 saturated carbocycles. The van der Waals surface area contributed by atoms with E-state index in [2.05, 4.69) is 21.4 Å². The number of hydrazine groups is 1. The molecule has 3 aromatic rings. The van der Waals surface area contributed by atoms with Crippen molar-refractivity contribution in [2.24, 2.45) is 0 Å². The van der Waals surface area contributed by atoms with Crippen LogP contribution in [0.5, 0.6) is 11.5 Å². The van der Waals surface area contributed by atoms with Crippen molar-refractivity contribution in [3.8, 4) is 11.5 Å². The highest BCUT2D eigenvalue weighted by Crippen LogP contribution is 2.38. The molecule has 0 unspecified atom stereocenters. The van der Waals surface area contributed by atoms with Crippen LogP contribution < -0.4 is 19.9 Å². The van der Waals surface area contributed by atoms with E-state index in [1.165, 1.54) is 23.2 Å². The molecule has 35 heavy (non-hydrogen) atoms. The molecule has 4 rings (SSSR count). The zero-order chi connectivity index (χ0) is 24.9. The van der Waals surface area contributed by atoms with Crippen LogP contribution in [0.3, 0.4) is 0 Å². The van der Waals surface area contributed by atoms with E-state index in [4.69, 9.17) is 9.47 Å². The van der Waals surface area contributed by atoms with Crippen molar-refractivity contribution in [3.63, 3.8) is 0 Å². The van der Waals surface area contributed by atoms with Crippen molar-refractivity contribution in [1.29, 1.82) is 0 Å². The molecule has 0 spiro atoms. The number of carbonyl (C=O) groups excluding carboxylic acids is 2. The normalized spacial score (nSPS) is 14.2. The number of nitrogens with zero attached hydrogens (tertiary/aromatic N) is 1. The third-order valence-corrected chi connectivity index (χ3v) is 5.69. The SMILES string of the molecule is CCOc1cc(/C=C2/C(=O)NN(c3ccccc3)C2=O)cc(Br)c1OCc1cccc(C(=O)O)c1. The number of halogens is 1. The molecule has 0 aliphatic carbocycles. The number of carboxylic acids is 1. The summed E-state index contributed by atoms with van der Waals surface area (Å²) in [5.74, 6) is -1.16. The second-order valence-electron chi connectivity index (χ2n) is 7.53. The first-order valence-electron chi connectivity index (χ1n) is 10.7. The maximum Gasteiger partial charge on any atom is 0.335 e. The number of anilines is 1. The van der Waals surface area contributed by atoms with Gasteiger partial charge in [0.05, 0.1) is 22.3 Å². The molecule has 178 valence electrons. The Balaban J connectivity index is 1.60. The highest BCUT2D eigenvalue weighted by atomic mass is 79.9. The number of aromatic carboxylic acids is 1. The average molecular weight is 537 g/mol. The summed E-state index contributed by atoms with van der Waals surface area (Å²) >= 11 is 3.48. The lowest BCUT2D eigenvalue weighted by Gasteiger charge is -2.15. The number of nitrogens with one attached hydrogen (secondary N) is 1. The standard InChI is InChI=1S/C26H21BrN2O6/c1-2-34-22-14-17(12-20-24(30)28-29(25(20)31)19-9-4-3-5-10-19)13-21(27)23(22)35-15-16-7-6-8-18(11-16)26(32)33/h3-14H,2,15H2,1H3,(H,28,30)(H,32,33)/b20-12-. The molecular weight excluding hydrogens is 516 g/mol. The molecule has 0 atom stereocenters. The maximum atomic E-state index is 12.9. The van der Waals surface area contributed by atoms with E-state index in [1.54, 1.807) is 48.5 Å². The number of ether oxygens (including phenoxy) is 2. The molecular formula is C26H21BrN2O6. The molecule has 2 amide bonds. The number of hydrogen-bond donors (Lipinski definition) is 2. The Morgan fingerprint density at radius 2 is 1.83 bits per heavy atom. The third kappa shape index (κ3) is 5.36. The summed E-state index contributed by atoms with van der Waals surface area (Å²) in [6.07, 6.45) is 1.49. The molecule has 0 aromatic heterocycles. The summed E-state index contributed by atoms with van der Waals surface area (Å²) in [6.45, 7) is 2.30. The van der Waals surface area contributed by atoms with Gasteiger partial charge in [-0.25, -0.2) is 9.80 Å². The van der Waals surface area contributed by atoms with Gasteiger partial charge in [-0.15, -0.1) is 0 Å². The number of amides is 2. The van der Waals surface area contributed by atoms with Gasteiger partial charge in [-0.3, -0.25) is 15.0 Å². The first-order chi connectivity index (χ1) is 16.9. The quantitative estimate of drug-likeness (QED) is 0.322. The minimum atomic E-state index is -1.02. The molecule has 1 heterocycles. The lowest BCUT2D eigenvalue weighted by Crippen LogP contribution is -2.35. The van der Waals surface area contributed by atoms with Crippen molar-refractivity contribution in [3.05, 3.63) is 93.5 Å². The fourth-order valence-corrected chi connectivity index (χ4v) is 4.08. The maximum absolute atomic E-state index is 12.9. The zero-order valence-corrected chi connectivity index (χ0v) is 20.2. The second-order valence-corrected chi connectivity index (χ2v) is 8.39. The van der Waals surface area contributed by atoms with E-state index >= 15 is 0 Å². The van der Waals surface area contributed by atoms with Crippen molar-refractivity contribution in [2.45, 2.75) is 13.5 Å². The molecule has 0 bridgehead atoms. The number of carbonyl (C=O) groups is 3. The fraction of sp³-hybridized carbons (Fsp3) is 0.115. The Labute approximate surface area is 209 Å². The molecule has 1 saturated heterocycles. The van der Waals surface area contributed by atoms with Gasteiger partial charge >= 0.3 is 5.97 Å². The number of para-hydroxylation sites is 1. The van der Waals surface area contributed by atoms with Crippen molar-refractivity contribution in [2.75, 3.05) is 11.6 Å². The number of carboxylic acid groups (broad SMARTS) is 1. The molecule has 1 aliphatic heterocycles. The van der Waals surface area contributed by atoms with Crippen LogP contribution >= 0.6 is 15.9 Å². The Morgan fingerprint density at radius 3 is 2.54 bits per heavy atom. The fourth-order valence-electron chi connectivity index (χ4n) is 3.51. The van der Waals surface area contributed by atoms with E-state index in [9.17, 15) is 19.5 Å². The van der Waals surface area contributed by atoms with Gasteiger partial charge in [-0.1, -0.05) is 30.3 Å². The molecule has 2 N–H and O–H groups in total. The topological polar surface area (TPSA) is 105 Å².